The van der Waals surface area contributed by atoms with Gasteiger partial charge in [-0.15, -0.1) is 0 Å². The second-order valence-corrected chi connectivity index (χ2v) is 4.70. The molecule has 10 heteroatoms. The number of nitrogens with zero attached hydrogens (tertiary/aromatic N) is 3. The van der Waals surface area contributed by atoms with Crippen LogP contribution in [0.15, 0.2) is 6.33 Å². The van der Waals surface area contributed by atoms with Crippen LogP contribution < -0.4 is 5.73 Å². The fraction of sp³-hybridized carbons (Fsp3) is 0.750. The fourth-order valence-corrected chi connectivity index (χ4v) is 1.60. The van der Waals surface area contributed by atoms with Crippen molar-refractivity contribution >= 4 is 5.90 Å². The van der Waals surface area contributed by atoms with Gasteiger partial charge in [0.25, 0.3) is 5.90 Å². The van der Waals surface area contributed by atoms with Gasteiger partial charge in [0.1, 0.15) is 12.9 Å². The van der Waals surface area contributed by atoms with E-state index in [1.165, 1.54) is 11.0 Å². The van der Waals surface area contributed by atoms with Crippen molar-refractivity contribution in [2.45, 2.75) is 31.5 Å². The summed E-state index contributed by atoms with van der Waals surface area (Å²) in [6.07, 6.45) is -3.51. The van der Waals surface area contributed by atoms with E-state index in [4.69, 9.17) is 20.6 Å². The van der Waals surface area contributed by atoms with Crippen molar-refractivity contribution in [1.82, 2.24) is 14.8 Å². The quantitative estimate of drug-likeness (QED) is 0.404. The smallest absolute Gasteiger partial charge is 0.389 e. The molecule has 1 atom stereocenters. The van der Waals surface area contributed by atoms with Crippen LogP contribution in [0.5, 0.6) is 0 Å². The van der Waals surface area contributed by atoms with Gasteiger partial charge >= 0.3 is 6.18 Å². The van der Waals surface area contributed by atoms with Crippen molar-refractivity contribution in [3.63, 3.8) is 0 Å². The van der Waals surface area contributed by atoms with Gasteiger partial charge in [0.2, 0.25) is 5.82 Å². The largest absolute Gasteiger partial charge is 0.473 e. The van der Waals surface area contributed by atoms with Crippen LogP contribution in [0.4, 0.5) is 13.2 Å². The first-order chi connectivity index (χ1) is 10.3. The minimum Gasteiger partial charge on any atom is -0.473 e. The van der Waals surface area contributed by atoms with Crippen molar-refractivity contribution in [3.05, 3.63) is 12.2 Å². The maximum Gasteiger partial charge on any atom is 0.389 e. The summed E-state index contributed by atoms with van der Waals surface area (Å²) in [5.41, 5.74) is 5.56. The number of nitrogens with two attached hydrogens (primary N) is 1. The SMILES string of the molecule is Cn1ncnc1C(=N)OCCOCC[C@@H](N)CCC(F)(F)F. The summed E-state index contributed by atoms with van der Waals surface area (Å²) in [6, 6.07) is -0.542. The molecule has 0 aliphatic carbocycles. The number of nitrogens with one attached hydrogen (secondary N) is 1. The zero-order valence-electron chi connectivity index (χ0n) is 12.3. The Kier molecular flexibility index (Phi) is 7.25. The number of aromatic nitrogens is 3. The Labute approximate surface area is 126 Å². The monoisotopic (exact) mass is 323 g/mol. The highest BCUT2D eigenvalue weighted by Crippen LogP contribution is 2.22. The predicted molar refractivity (Wildman–Crippen MR) is 72.5 cm³/mol. The molecular weight excluding hydrogens is 303 g/mol. The van der Waals surface area contributed by atoms with Crippen LogP contribution in [0.1, 0.15) is 25.1 Å². The van der Waals surface area contributed by atoms with Gasteiger partial charge in [-0.25, -0.2) is 9.67 Å². The van der Waals surface area contributed by atoms with E-state index in [0.717, 1.165) is 0 Å². The molecule has 1 aromatic rings. The van der Waals surface area contributed by atoms with Gasteiger partial charge in [0.05, 0.1) is 6.61 Å². The minimum absolute atomic E-state index is 0.111. The topological polar surface area (TPSA) is 99.0 Å². The molecule has 3 N–H and O–H groups in total. The average Bonchev–Trinajstić information content (AvgIpc) is 2.85. The highest BCUT2D eigenvalue weighted by molar-refractivity contribution is 5.87. The highest BCUT2D eigenvalue weighted by atomic mass is 19.4. The third-order valence-electron chi connectivity index (χ3n) is 2.82. The van der Waals surface area contributed by atoms with Gasteiger partial charge in [-0.3, -0.25) is 5.41 Å². The van der Waals surface area contributed by atoms with Gasteiger partial charge in [0.15, 0.2) is 0 Å². The Balaban J connectivity index is 2.04. The molecule has 22 heavy (non-hydrogen) atoms. The van der Waals surface area contributed by atoms with Gasteiger partial charge < -0.3 is 15.2 Å². The molecule has 0 radical (unpaired) electrons. The Hall–Kier alpha value is -1.68. The maximum absolute atomic E-state index is 12.0. The lowest BCUT2D eigenvalue weighted by Gasteiger charge is -2.13. The summed E-state index contributed by atoms with van der Waals surface area (Å²) < 4.78 is 47.7. The molecule has 7 nitrogen and oxygen atoms in total. The molecule has 0 spiro atoms. The standard InChI is InChI=1S/C12H20F3N5O2/c1-20-11(18-8-19-20)10(17)22-7-6-21-5-3-9(16)2-4-12(13,14)15/h8-9,17H,2-7,16H2,1H3/t9-/m0/s1. The summed E-state index contributed by atoms with van der Waals surface area (Å²) in [5, 5.41) is 11.4. The Bertz CT molecular complexity index is 464. The first kappa shape index (κ1) is 18.4. The second kappa shape index (κ2) is 8.69. The van der Waals surface area contributed by atoms with Crippen molar-refractivity contribution in [3.8, 4) is 0 Å². The molecule has 0 amide bonds. The predicted octanol–water partition coefficient (Wildman–Crippen LogP) is 1.23. The zero-order chi connectivity index (χ0) is 16.6. The molecule has 0 bridgehead atoms. The van der Waals surface area contributed by atoms with Crippen LogP contribution in [0.25, 0.3) is 0 Å². The van der Waals surface area contributed by atoms with Gasteiger partial charge in [-0.1, -0.05) is 0 Å². The van der Waals surface area contributed by atoms with Crippen LogP contribution in [-0.2, 0) is 16.5 Å². The lowest BCUT2D eigenvalue weighted by atomic mass is 10.1. The van der Waals surface area contributed by atoms with E-state index in [1.54, 1.807) is 7.05 Å². The molecule has 126 valence electrons. The first-order valence-electron chi connectivity index (χ1n) is 6.75. The molecule has 1 rings (SSSR count). The summed E-state index contributed by atoms with van der Waals surface area (Å²) >= 11 is 0. The lowest BCUT2D eigenvalue weighted by Crippen LogP contribution is -2.25. The first-order valence-corrected chi connectivity index (χ1v) is 6.75. The third kappa shape index (κ3) is 7.36. The van der Waals surface area contributed by atoms with Crippen LogP contribution in [0, 0.1) is 5.41 Å². The van der Waals surface area contributed by atoms with Crippen molar-refractivity contribution in [2.24, 2.45) is 12.8 Å². The Morgan fingerprint density at radius 2 is 2.09 bits per heavy atom. The van der Waals surface area contributed by atoms with E-state index < -0.39 is 18.6 Å². The Morgan fingerprint density at radius 3 is 2.68 bits per heavy atom. The van der Waals surface area contributed by atoms with E-state index in [-0.39, 0.29) is 32.1 Å². The van der Waals surface area contributed by atoms with Gasteiger partial charge in [-0.2, -0.15) is 18.3 Å². The average molecular weight is 323 g/mol. The second-order valence-electron chi connectivity index (χ2n) is 4.70. The summed E-state index contributed by atoms with van der Waals surface area (Å²) in [7, 11) is 1.64. The number of ether oxygens (including phenoxy) is 2. The van der Waals surface area contributed by atoms with Crippen LogP contribution in [0.3, 0.4) is 0 Å². The number of hydrogen-bond donors (Lipinski definition) is 2. The number of halogens is 3. The van der Waals surface area contributed by atoms with Crippen LogP contribution in [0.2, 0.25) is 0 Å². The number of hydrogen-bond acceptors (Lipinski definition) is 6. The highest BCUT2D eigenvalue weighted by Gasteiger charge is 2.27. The summed E-state index contributed by atoms with van der Waals surface area (Å²) in [4.78, 5) is 3.85. The Morgan fingerprint density at radius 1 is 1.36 bits per heavy atom. The van der Waals surface area contributed by atoms with Crippen molar-refractivity contribution in [1.29, 1.82) is 5.41 Å². The molecule has 1 aromatic heterocycles. The van der Waals surface area contributed by atoms with E-state index in [2.05, 4.69) is 10.1 Å². The number of aryl methyl sites for hydroxylation is 1. The zero-order valence-corrected chi connectivity index (χ0v) is 12.3. The molecule has 0 saturated heterocycles. The molecule has 0 saturated carbocycles. The van der Waals surface area contributed by atoms with E-state index in [1.807, 2.05) is 0 Å². The van der Waals surface area contributed by atoms with Crippen molar-refractivity contribution < 1.29 is 22.6 Å². The number of rotatable bonds is 9. The van der Waals surface area contributed by atoms with E-state index in [9.17, 15) is 13.2 Å². The van der Waals surface area contributed by atoms with E-state index in [0.29, 0.717) is 12.2 Å². The molecule has 0 aliphatic rings. The lowest BCUT2D eigenvalue weighted by molar-refractivity contribution is -0.136. The normalized spacial score (nSPS) is 13.1. The molecule has 0 aliphatic heterocycles. The molecule has 0 fully saturated rings. The van der Waals surface area contributed by atoms with E-state index >= 15 is 0 Å². The van der Waals surface area contributed by atoms with Gasteiger partial charge in [-0.05, 0) is 12.8 Å². The fourth-order valence-electron chi connectivity index (χ4n) is 1.60. The summed E-state index contributed by atoms with van der Waals surface area (Å²) in [5.74, 6) is 0.180. The maximum atomic E-state index is 12.0. The molecule has 0 aromatic carbocycles. The van der Waals surface area contributed by atoms with Crippen LogP contribution >= 0.6 is 0 Å². The molecule has 1 heterocycles. The molecular formula is C12H20F3N5O2. The van der Waals surface area contributed by atoms with Crippen molar-refractivity contribution in [2.75, 3.05) is 19.8 Å². The molecule has 0 unspecified atom stereocenters. The summed E-state index contributed by atoms with van der Waals surface area (Å²) in [6.45, 7) is 0.607. The van der Waals surface area contributed by atoms with Gasteiger partial charge in [0, 0.05) is 26.1 Å². The van der Waals surface area contributed by atoms with Crippen LogP contribution in [-0.4, -0.2) is 52.7 Å². The minimum atomic E-state index is -4.17. The third-order valence-corrected chi connectivity index (χ3v) is 2.82. The number of alkyl halides is 3.